The van der Waals surface area contributed by atoms with E-state index < -0.39 is 21.9 Å². The second kappa shape index (κ2) is 4.05. The highest BCUT2D eigenvalue weighted by Crippen LogP contribution is 2.41. The Kier molecular flexibility index (Phi) is 2.66. The quantitative estimate of drug-likeness (QED) is 0.904. The number of rotatable bonds is 3. The van der Waals surface area contributed by atoms with Crippen molar-refractivity contribution in [2.75, 3.05) is 6.54 Å². The predicted octanol–water partition coefficient (Wildman–Crippen LogP) is 1.19. The number of hydrogen-bond donors (Lipinski definition) is 1. The number of nitrogens with zero attached hydrogens (tertiary/aromatic N) is 1. The van der Waals surface area contributed by atoms with Crippen LogP contribution in [0.15, 0.2) is 23.1 Å². The van der Waals surface area contributed by atoms with Gasteiger partial charge in [0, 0.05) is 6.54 Å². The van der Waals surface area contributed by atoms with Gasteiger partial charge in [-0.15, -0.1) is 0 Å². The smallest absolute Gasteiger partial charge is 0.335 e. The van der Waals surface area contributed by atoms with Crippen LogP contribution in [0.3, 0.4) is 0 Å². The van der Waals surface area contributed by atoms with Crippen molar-refractivity contribution in [2.45, 2.75) is 18.2 Å². The number of hydrogen-bond acceptors (Lipinski definition) is 4. The number of carbonyl (C=O) groups excluding carboxylic acids is 1. The SMILES string of the molecule is CC1CC1CN1C(=O)c2ccc(C(=O)O)cc2S1(=O)=O. The van der Waals surface area contributed by atoms with Crippen molar-refractivity contribution < 1.29 is 23.1 Å². The Morgan fingerprint density at radius 2 is 2.10 bits per heavy atom. The Balaban J connectivity index is 2.03. The molecule has 1 N–H and O–H groups in total. The molecule has 0 bridgehead atoms. The molecule has 0 radical (unpaired) electrons. The molecule has 1 aliphatic carbocycles. The lowest BCUT2D eigenvalue weighted by molar-refractivity contribution is 0.0695. The first-order valence-corrected chi connectivity index (χ1v) is 7.71. The molecule has 20 heavy (non-hydrogen) atoms. The number of carbonyl (C=O) groups is 2. The van der Waals surface area contributed by atoms with Crippen molar-refractivity contribution in [1.29, 1.82) is 0 Å². The number of fused-ring (bicyclic) bond motifs is 1. The van der Waals surface area contributed by atoms with Gasteiger partial charge in [-0.2, -0.15) is 0 Å². The van der Waals surface area contributed by atoms with Crippen LogP contribution in [0.5, 0.6) is 0 Å². The standard InChI is InChI=1S/C13H13NO5S/c1-7-4-9(7)6-14-12(15)10-3-2-8(13(16)17)5-11(10)20(14,18)19/h2-3,5,7,9H,4,6H2,1H3,(H,16,17). The molecule has 6 nitrogen and oxygen atoms in total. The van der Waals surface area contributed by atoms with Gasteiger partial charge in [-0.1, -0.05) is 6.92 Å². The highest BCUT2D eigenvalue weighted by Gasteiger charge is 2.45. The summed E-state index contributed by atoms with van der Waals surface area (Å²) < 4.78 is 25.6. The Hall–Kier alpha value is -1.89. The fraction of sp³-hybridized carbons (Fsp3) is 0.385. The number of amides is 1. The van der Waals surface area contributed by atoms with E-state index in [1.54, 1.807) is 0 Å². The molecule has 2 aliphatic rings. The zero-order valence-corrected chi connectivity index (χ0v) is 11.6. The van der Waals surface area contributed by atoms with Crippen molar-refractivity contribution in [3.63, 3.8) is 0 Å². The van der Waals surface area contributed by atoms with Crippen LogP contribution < -0.4 is 0 Å². The van der Waals surface area contributed by atoms with Crippen molar-refractivity contribution in [3.8, 4) is 0 Å². The molecule has 0 spiro atoms. The second-order valence-electron chi connectivity index (χ2n) is 5.33. The Labute approximate surface area is 116 Å². The molecule has 1 fully saturated rings. The molecule has 1 aromatic carbocycles. The van der Waals surface area contributed by atoms with Gasteiger partial charge in [-0.05, 0) is 36.5 Å². The maximum atomic E-state index is 12.4. The third-order valence-electron chi connectivity index (χ3n) is 3.93. The molecule has 1 aliphatic heterocycles. The fourth-order valence-corrected chi connectivity index (χ4v) is 4.11. The van der Waals surface area contributed by atoms with E-state index in [0.29, 0.717) is 5.92 Å². The van der Waals surface area contributed by atoms with Gasteiger partial charge in [0.15, 0.2) is 0 Å². The summed E-state index contributed by atoms with van der Waals surface area (Å²) in [4.78, 5) is 22.9. The van der Waals surface area contributed by atoms with E-state index in [9.17, 15) is 18.0 Å². The van der Waals surface area contributed by atoms with Crippen LogP contribution >= 0.6 is 0 Å². The van der Waals surface area contributed by atoms with Gasteiger partial charge in [0.1, 0.15) is 4.90 Å². The second-order valence-corrected chi connectivity index (χ2v) is 7.16. The fourth-order valence-electron chi connectivity index (χ4n) is 2.46. The largest absolute Gasteiger partial charge is 0.478 e. The number of sulfonamides is 1. The molecule has 2 unspecified atom stereocenters. The summed E-state index contributed by atoms with van der Waals surface area (Å²) in [6, 6.07) is 3.58. The summed E-state index contributed by atoms with van der Waals surface area (Å²) in [5.74, 6) is -1.14. The van der Waals surface area contributed by atoms with Crippen molar-refractivity contribution in [2.24, 2.45) is 11.8 Å². The lowest BCUT2D eigenvalue weighted by Gasteiger charge is -2.14. The zero-order chi connectivity index (χ0) is 14.7. The Bertz CT molecular complexity index is 724. The van der Waals surface area contributed by atoms with Crippen LogP contribution in [0, 0.1) is 11.8 Å². The number of carboxylic acid groups (broad SMARTS) is 1. The van der Waals surface area contributed by atoms with E-state index in [1.807, 2.05) is 6.92 Å². The van der Waals surface area contributed by atoms with Gasteiger partial charge in [0.25, 0.3) is 15.9 Å². The first-order chi connectivity index (χ1) is 9.32. The van der Waals surface area contributed by atoms with Gasteiger partial charge < -0.3 is 5.11 Å². The number of carboxylic acids is 1. The van der Waals surface area contributed by atoms with E-state index in [0.717, 1.165) is 16.8 Å². The molecule has 0 saturated heterocycles. The highest BCUT2D eigenvalue weighted by atomic mass is 32.2. The first kappa shape index (κ1) is 13.1. The van der Waals surface area contributed by atoms with Crippen LogP contribution in [0.2, 0.25) is 0 Å². The molecule has 0 aromatic heterocycles. The number of benzene rings is 1. The van der Waals surface area contributed by atoms with Gasteiger partial charge in [0.05, 0.1) is 11.1 Å². The number of aromatic carboxylic acids is 1. The molecule has 7 heteroatoms. The highest BCUT2D eigenvalue weighted by molar-refractivity contribution is 7.90. The van der Waals surface area contributed by atoms with Gasteiger partial charge in [-0.3, -0.25) is 4.79 Å². The third kappa shape index (κ3) is 1.81. The Morgan fingerprint density at radius 1 is 1.45 bits per heavy atom. The van der Waals surface area contributed by atoms with Crippen LogP contribution in [0.1, 0.15) is 34.1 Å². The topological polar surface area (TPSA) is 91.8 Å². The molecule has 2 atom stereocenters. The average molecular weight is 295 g/mol. The minimum atomic E-state index is -3.91. The first-order valence-electron chi connectivity index (χ1n) is 6.27. The molecule has 1 aromatic rings. The van der Waals surface area contributed by atoms with E-state index in [2.05, 4.69) is 0 Å². The molecular formula is C13H13NO5S. The van der Waals surface area contributed by atoms with Gasteiger partial charge in [-0.25, -0.2) is 17.5 Å². The molecule has 3 rings (SSSR count). The van der Waals surface area contributed by atoms with Crippen LogP contribution in [-0.2, 0) is 10.0 Å². The summed E-state index contributed by atoms with van der Waals surface area (Å²) in [5, 5.41) is 8.91. The molecule has 1 heterocycles. The van der Waals surface area contributed by atoms with Crippen LogP contribution in [0.4, 0.5) is 0 Å². The van der Waals surface area contributed by atoms with Crippen molar-refractivity contribution in [1.82, 2.24) is 4.31 Å². The zero-order valence-electron chi connectivity index (χ0n) is 10.7. The maximum absolute atomic E-state index is 12.4. The summed E-state index contributed by atoms with van der Waals surface area (Å²) in [6.07, 6.45) is 0.913. The molecule has 1 amide bonds. The lowest BCUT2D eigenvalue weighted by atomic mass is 10.1. The molecule has 1 saturated carbocycles. The molecular weight excluding hydrogens is 282 g/mol. The van der Waals surface area contributed by atoms with E-state index >= 15 is 0 Å². The maximum Gasteiger partial charge on any atom is 0.335 e. The van der Waals surface area contributed by atoms with Crippen LogP contribution in [-0.4, -0.2) is 36.3 Å². The minimum absolute atomic E-state index is 0.0586. The van der Waals surface area contributed by atoms with Gasteiger partial charge >= 0.3 is 5.97 Å². The predicted molar refractivity (Wildman–Crippen MR) is 68.9 cm³/mol. The summed E-state index contributed by atoms with van der Waals surface area (Å²) >= 11 is 0. The third-order valence-corrected chi connectivity index (χ3v) is 5.72. The van der Waals surface area contributed by atoms with E-state index in [1.165, 1.54) is 12.1 Å². The van der Waals surface area contributed by atoms with Gasteiger partial charge in [0.2, 0.25) is 0 Å². The summed E-state index contributed by atoms with van der Waals surface area (Å²) in [5.41, 5.74) is -0.0786. The van der Waals surface area contributed by atoms with Crippen LogP contribution in [0.25, 0.3) is 0 Å². The Morgan fingerprint density at radius 3 is 2.65 bits per heavy atom. The van der Waals surface area contributed by atoms with Crippen molar-refractivity contribution >= 4 is 21.9 Å². The summed E-state index contributed by atoms with van der Waals surface area (Å²) in [7, 11) is -3.91. The lowest BCUT2D eigenvalue weighted by Crippen LogP contribution is -2.32. The molecule has 106 valence electrons. The minimum Gasteiger partial charge on any atom is -0.478 e. The van der Waals surface area contributed by atoms with E-state index in [-0.39, 0.29) is 28.5 Å². The normalized spacial score (nSPS) is 26.4. The summed E-state index contributed by atoms with van der Waals surface area (Å²) in [6.45, 7) is 2.19. The average Bonchev–Trinajstić information content (AvgIpc) is 3.05. The monoisotopic (exact) mass is 295 g/mol. The van der Waals surface area contributed by atoms with Crippen molar-refractivity contribution in [3.05, 3.63) is 29.3 Å². The van der Waals surface area contributed by atoms with E-state index in [4.69, 9.17) is 5.11 Å².